The highest BCUT2D eigenvalue weighted by Crippen LogP contribution is 2.33. The molecule has 1 aliphatic rings. The number of hydrogen-bond donors (Lipinski definition) is 1. The highest BCUT2D eigenvalue weighted by Gasteiger charge is 2.35. The molecule has 0 aromatic heterocycles. The summed E-state index contributed by atoms with van der Waals surface area (Å²) in [5.74, 6) is -0.500. The van der Waals surface area contributed by atoms with E-state index in [1.54, 1.807) is 17.0 Å². The van der Waals surface area contributed by atoms with Gasteiger partial charge in [-0.2, -0.15) is 0 Å². The van der Waals surface area contributed by atoms with E-state index in [9.17, 15) is 14.0 Å². The average Bonchev–Trinajstić information content (AvgIpc) is 3.04. The van der Waals surface area contributed by atoms with Crippen molar-refractivity contribution in [3.8, 4) is 0 Å². The summed E-state index contributed by atoms with van der Waals surface area (Å²) >= 11 is 0. The first kappa shape index (κ1) is 20.1. The Bertz CT molecular complexity index is 848. The van der Waals surface area contributed by atoms with Crippen LogP contribution in [0.15, 0.2) is 42.5 Å². The van der Waals surface area contributed by atoms with E-state index >= 15 is 0 Å². The smallest absolute Gasteiger partial charge is 0.229 e. The second-order valence-electron chi connectivity index (χ2n) is 7.99. The Hall–Kier alpha value is -2.69. The molecule has 0 aliphatic carbocycles. The maximum absolute atomic E-state index is 13.2. The lowest BCUT2D eigenvalue weighted by Crippen LogP contribution is -2.28. The van der Waals surface area contributed by atoms with Crippen LogP contribution in [-0.2, 0) is 9.59 Å². The van der Waals surface area contributed by atoms with Crippen molar-refractivity contribution < 1.29 is 14.0 Å². The van der Waals surface area contributed by atoms with Gasteiger partial charge in [0.15, 0.2) is 0 Å². The topological polar surface area (TPSA) is 49.4 Å². The van der Waals surface area contributed by atoms with E-state index in [2.05, 4.69) is 33.0 Å². The molecule has 2 amide bonds. The van der Waals surface area contributed by atoms with E-state index in [4.69, 9.17) is 0 Å². The van der Waals surface area contributed by atoms with Crippen LogP contribution in [0.1, 0.15) is 57.1 Å². The molecule has 1 N–H and O–H groups in total. The van der Waals surface area contributed by atoms with Gasteiger partial charge in [-0.1, -0.05) is 45.9 Å². The Morgan fingerprint density at radius 3 is 2.14 bits per heavy atom. The molecule has 3 rings (SSSR count). The molecular formula is C23H27FN2O2. The molecular weight excluding hydrogens is 355 g/mol. The van der Waals surface area contributed by atoms with Crippen LogP contribution < -0.4 is 10.2 Å². The van der Waals surface area contributed by atoms with E-state index in [1.807, 2.05) is 18.2 Å². The molecule has 1 fully saturated rings. The van der Waals surface area contributed by atoms with Crippen LogP contribution in [-0.4, -0.2) is 18.4 Å². The maximum atomic E-state index is 13.2. The van der Waals surface area contributed by atoms with E-state index < -0.39 is 5.92 Å². The number of amides is 2. The van der Waals surface area contributed by atoms with Crippen molar-refractivity contribution >= 4 is 23.2 Å². The van der Waals surface area contributed by atoms with E-state index in [0.29, 0.717) is 12.2 Å². The monoisotopic (exact) mass is 382 g/mol. The second kappa shape index (κ2) is 8.13. The molecule has 1 heterocycles. The van der Waals surface area contributed by atoms with Crippen molar-refractivity contribution in [2.75, 3.05) is 16.8 Å². The Labute approximate surface area is 165 Å². The van der Waals surface area contributed by atoms with Crippen molar-refractivity contribution in [1.29, 1.82) is 0 Å². The standard InChI is InChI=1S/C23H27FN2O2/c1-14(2)19-6-5-7-20(15(3)4)22(19)25-23(28)16-12-21(27)26(13-16)18-10-8-17(24)9-11-18/h5-11,14-16H,12-13H2,1-4H3,(H,25,28). The number of rotatable bonds is 5. The number of nitrogens with zero attached hydrogens (tertiary/aromatic N) is 1. The largest absolute Gasteiger partial charge is 0.325 e. The molecule has 1 aliphatic heterocycles. The molecule has 0 saturated carbocycles. The zero-order valence-electron chi connectivity index (χ0n) is 16.8. The van der Waals surface area contributed by atoms with Gasteiger partial charge in [-0.3, -0.25) is 9.59 Å². The number of halogens is 1. The maximum Gasteiger partial charge on any atom is 0.229 e. The Balaban J connectivity index is 1.81. The Morgan fingerprint density at radius 2 is 1.61 bits per heavy atom. The Kier molecular flexibility index (Phi) is 5.82. The summed E-state index contributed by atoms with van der Waals surface area (Å²) in [6.45, 7) is 8.71. The van der Waals surface area contributed by atoms with Crippen molar-refractivity contribution in [3.63, 3.8) is 0 Å². The van der Waals surface area contributed by atoms with Crippen LogP contribution in [0.3, 0.4) is 0 Å². The van der Waals surface area contributed by atoms with E-state index in [0.717, 1.165) is 16.8 Å². The summed E-state index contributed by atoms with van der Waals surface area (Å²) < 4.78 is 13.2. The van der Waals surface area contributed by atoms with Crippen molar-refractivity contribution in [2.45, 2.75) is 46.0 Å². The van der Waals surface area contributed by atoms with Crippen LogP contribution >= 0.6 is 0 Å². The molecule has 1 atom stereocenters. The first-order chi connectivity index (χ1) is 13.3. The minimum Gasteiger partial charge on any atom is -0.325 e. The first-order valence-corrected chi connectivity index (χ1v) is 9.77. The summed E-state index contributed by atoms with van der Waals surface area (Å²) in [5, 5.41) is 3.11. The number of hydrogen-bond acceptors (Lipinski definition) is 2. The van der Waals surface area contributed by atoms with E-state index in [-0.39, 0.29) is 35.9 Å². The second-order valence-corrected chi connectivity index (χ2v) is 7.99. The highest BCUT2D eigenvalue weighted by molar-refractivity contribution is 6.04. The third-order valence-electron chi connectivity index (χ3n) is 5.26. The van der Waals surface area contributed by atoms with Crippen molar-refractivity contribution in [1.82, 2.24) is 0 Å². The summed E-state index contributed by atoms with van der Waals surface area (Å²) in [5.41, 5.74) is 3.68. The first-order valence-electron chi connectivity index (χ1n) is 9.77. The van der Waals surface area contributed by atoms with E-state index in [1.165, 1.54) is 12.1 Å². The predicted octanol–water partition coefficient (Wildman–Crippen LogP) is 5.06. The molecule has 2 aromatic carbocycles. The van der Waals surface area contributed by atoms with Gasteiger partial charge in [-0.25, -0.2) is 4.39 Å². The molecule has 0 spiro atoms. The van der Waals surface area contributed by atoms with Crippen molar-refractivity contribution in [3.05, 3.63) is 59.4 Å². The van der Waals surface area contributed by atoms with Crippen LogP contribution in [0.2, 0.25) is 0 Å². The molecule has 0 bridgehead atoms. The number of benzene rings is 2. The molecule has 4 nitrogen and oxygen atoms in total. The zero-order valence-corrected chi connectivity index (χ0v) is 16.8. The Morgan fingerprint density at radius 1 is 1.04 bits per heavy atom. The van der Waals surface area contributed by atoms with Crippen molar-refractivity contribution in [2.24, 2.45) is 5.92 Å². The summed E-state index contributed by atoms with van der Waals surface area (Å²) in [7, 11) is 0. The average molecular weight is 382 g/mol. The van der Waals surface area contributed by atoms with Gasteiger partial charge in [0.2, 0.25) is 11.8 Å². The predicted molar refractivity (Wildman–Crippen MR) is 110 cm³/mol. The van der Waals surface area contributed by atoms with Crippen LogP contribution in [0.5, 0.6) is 0 Å². The molecule has 28 heavy (non-hydrogen) atoms. The van der Waals surface area contributed by atoms with Gasteiger partial charge < -0.3 is 10.2 Å². The molecule has 1 saturated heterocycles. The minimum absolute atomic E-state index is 0.118. The van der Waals surface area contributed by atoms with Crippen LogP contribution in [0, 0.1) is 11.7 Å². The third-order valence-corrected chi connectivity index (χ3v) is 5.26. The number of anilines is 2. The van der Waals surface area contributed by atoms with Gasteiger partial charge in [-0.15, -0.1) is 0 Å². The lowest BCUT2D eigenvalue weighted by Gasteiger charge is -2.21. The number of para-hydroxylation sites is 1. The van der Waals surface area contributed by atoms with Gasteiger partial charge >= 0.3 is 0 Å². The van der Waals surface area contributed by atoms with Gasteiger partial charge in [-0.05, 0) is 47.2 Å². The van der Waals surface area contributed by atoms with Crippen LogP contribution in [0.25, 0.3) is 0 Å². The summed E-state index contributed by atoms with van der Waals surface area (Å²) in [6, 6.07) is 11.9. The quantitative estimate of drug-likeness (QED) is 0.785. The van der Waals surface area contributed by atoms with Gasteiger partial charge in [0.1, 0.15) is 5.82 Å². The third kappa shape index (κ3) is 4.08. The number of carbonyl (C=O) groups is 2. The SMILES string of the molecule is CC(C)c1cccc(C(C)C)c1NC(=O)C1CC(=O)N(c2ccc(F)cc2)C1. The summed E-state index contributed by atoms with van der Waals surface area (Å²) in [4.78, 5) is 27.0. The lowest BCUT2D eigenvalue weighted by atomic mass is 9.92. The molecule has 2 aromatic rings. The fraction of sp³-hybridized carbons (Fsp3) is 0.391. The normalized spacial score (nSPS) is 16.9. The van der Waals surface area contributed by atoms with Gasteiger partial charge in [0.05, 0.1) is 5.92 Å². The zero-order chi connectivity index (χ0) is 20.4. The lowest BCUT2D eigenvalue weighted by molar-refractivity contribution is -0.122. The fourth-order valence-electron chi connectivity index (χ4n) is 3.67. The summed E-state index contributed by atoms with van der Waals surface area (Å²) in [6.07, 6.45) is 0.157. The molecule has 1 unspecified atom stereocenters. The minimum atomic E-state index is -0.433. The molecule has 0 radical (unpaired) electrons. The van der Waals surface area contributed by atoms with Gasteiger partial charge in [0, 0.05) is 24.3 Å². The fourth-order valence-corrected chi connectivity index (χ4v) is 3.67. The van der Waals surface area contributed by atoms with Crippen LogP contribution in [0.4, 0.5) is 15.8 Å². The van der Waals surface area contributed by atoms with Gasteiger partial charge in [0.25, 0.3) is 0 Å². The molecule has 148 valence electrons. The number of nitrogens with one attached hydrogen (secondary N) is 1. The molecule has 5 heteroatoms. The number of carbonyl (C=O) groups excluding carboxylic acids is 2. The highest BCUT2D eigenvalue weighted by atomic mass is 19.1.